The van der Waals surface area contributed by atoms with Crippen LogP contribution in [0.1, 0.15) is 6.92 Å². The second-order valence-corrected chi connectivity index (χ2v) is 3.18. The molecule has 0 bridgehead atoms. The van der Waals surface area contributed by atoms with E-state index in [1.165, 1.54) is 5.52 Å². The Kier molecular flexibility index (Phi) is 3.70. The first-order valence-corrected chi connectivity index (χ1v) is 4.71. The zero-order chi connectivity index (χ0) is 9.97. The molecule has 0 fully saturated rings. The SMILES string of the molecule is CCn1c[n+](CC#N)c2ccccc21.[Cl-]. The van der Waals surface area contributed by atoms with Crippen molar-refractivity contribution in [1.82, 2.24) is 4.57 Å². The summed E-state index contributed by atoms with van der Waals surface area (Å²) >= 11 is 0. The number of rotatable bonds is 2. The molecule has 15 heavy (non-hydrogen) atoms. The standard InChI is InChI=1S/C11H12N3.ClH/c1-2-13-9-14(8-7-12)11-6-4-3-5-10(11)13;/h3-6,9H,2,8H2,1H3;1H/q+1;/p-1. The van der Waals surface area contributed by atoms with Gasteiger partial charge in [-0.15, -0.1) is 0 Å². The van der Waals surface area contributed by atoms with Gasteiger partial charge in [0, 0.05) is 0 Å². The molecule has 0 N–H and O–H groups in total. The minimum atomic E-state index is 0. The van der Waals surface area contributed by atoms with Crippen molar-refractivity contribution in [1.29, 1.82) is 5.26 Å². The molecule has 0 radical (unpaired) electrons. The number of nitrogens with zero attached hydrogens (tertiary/aromatic N) is 3. The third-order valence-electron chi connectivity index (χ3n) is 2.36. The fourth-order valence-corrected chi connectivity index (χ4v) is 1.70. The summed E-state index contributed by atoms with van der Waals surface area (Å²) in [6.45, 7) is 3.44. The van der Waals surface area contributed by atoms with Crippen LogP contribution in [0.15, 0.2) is 30.6 Å². The average Bonchev–Trinajstić information content (AvgIpc) is 2.58. The quantitative estimate of drug-likeness (QED) is 0.567. The molecule has 0 spiro atoms. The summed E-state index contributed by atoms with van der Waals surface area (Å²) in [7, 11) is 0. The highest BCUT2D eigenvalue weighted by atomic mass is 35.5. The molecule has 3 nitrogen and oxygen atoms in total. The molecule has 0 amide bonds. The minimum Gasteiger partial charge on any atom is -1.00 e. The Morgan fingerprint density at radius 3 is 2.80 bits per heavy atom. The second kappa shape index (κ2) is 4.81. The van der Waals surface area contributed by atoms with Gasteiger partial charge in [-0.25, -0.2) is 9.13 Å². The van der Waals surface area contributed by atoms with Crippen molar-refractivity contribution >= 4 is 11.0 Å². The minimum absolute atomic E-state index is 0. The molecular formula is C11H12ClN3. The van der Waals surface area contributed by atoms with E-state index < -0.39 is 0 Å². The van der Waals surface area contributed by atoms with Crippen LogP contribution >= 0.6 is 0 Å². The predicted molar refractivity (Wildman–Crippen MR) is 53.4 cm³/mol. The molecular weight excluding hydrogens is 210 g/mol. The van der Waals surface area contributed by atoms with Crippen molar-refractivity contribution < 1.29 is 17.0 Å². The van der Waals surface area contributed by atoms with E-state index in [1.54, 1.807) is 0 Å². The Bertz CT molecular complexity index is 496. The van der Waals surface area contributed by atoms with Crippen LogP contribution in [-0.2, 0) is 13.1 Å². The molecule has 0 unspecified atom stereocenters. The van der Waals surface area contributed by atoms with Gasteiger partial charge in [0.2, 0.25) is 6.33 Å². The van der Waals surface area contributed by atoms with Gasteiger partial charge < -0.3 is 12.4 Å². The Morgan fingerprint density at radius 1 is 1.40 bits per heavy atom. The summed E-state index contributed by atoms with van der Waals surface area (Å²) in [5, 5.41) is 8.68. The van der Waals surface area contributed by atoms with Crippen molar-refractivity contribution in [2.24, 2.45) is 0 Å². The number of hydrogen-bond acceptors (Lipinski definition) is 1. The molecule has 1 aromatic carbocycles. The third kappa shape index (κ3) is 1.95. The number of para-hydroxylation sites is 2. The molecule has 78 valence electrons. The highest BCUT2D eigenvalue weighted by Crippen LogP contribution is 2.09. The summed E-state index contributed by atoms with van der Waals surface area (Å²) in [5.74, 6) is 0. The molecule has 0 aliphatic carbocycles. The second-order valence-electron chi connectivity index (χ2n) is 3.18. The van der Waals surface area contributed by atoms with Crippen molar-refractivity contribution in [2.75, 3.05) is 0 Å². The van der Waals surface area contributed by atoms with E-state index in [4.69, 9.17) is 5.26 Å². The van der Waals surface area contributed by atoms with E-state index in [2.05, 4.69) is 23.6 Å². The lowest BCUT2D eigenvalue weighted by Crippen LogP contribution is -3.00. The van der Waals surface area contributed by atoms with E-state index in [9.17, 15) is 0 Å². The lowest BCUT2D eigenvalue weighted by atomic mass is 10.3. The topological polar surface area (TPSA) is 32.6 Å². The molecule has 4 heteroatoms. The molecule has 0 saturated carbocycles. The first kappa shape index (κ1) is 11.5. The Morgan fingerprint density at radius 2 is 2.13 bits per heavy atom. The van der Waals surface area contributed by atoms with Gasteiger partial charge in [0.25, 0.3) is 0 Å². The van der Waals surface area contributed by atoms with E-state index in [1.807, 2.05) is 29.1 Å². The van der Waals surface area contributed by atoms with E-state index in [0.717, 1.165) is 12.1 Å². The van der Waals surface area contributed by atoms with Gasteiger partial charge in [-0.2, -0.15) is 5.26 Å². The number of fused-ring (bicyclic) bond motifs is 1. The molecule has 2 aromatic rings. The van der Waals surface area contributed by atoms with Crippen molar-refractivity contribution in [2.45, 2.75) is 20.0 Å². The maximum absolute atomic E-state index is 8.68. The molecule has 0 aliphatic heterocycles. The molecule has 1 aromatic heterocycles. The van der Waals surface area contributed by atoms with Gasteiger partial charge in [0.05, 0.1) is 6.54 Å². The van der Waals surface area contributed by atoms with Gasteiger partial charge in [-0.05, 0) is 19.1 Å². The summed E-state index contributed by atoms with van der Waals surface area (Å²) in [5.41, 5.74) is 2.31. The van der Waals surface area contributed by atoms with E-state index >= 15 is 0 Å². The Hall–Kier alpha value is -1.53. The van der Waals surface area contributed by atoms with Gasteiger partial charge in [0.15, 0.2) is 17.6 Å². The number of halogens is 1. The van der Waals surface area contributed by atoms with Gasteiger partial charge in [0.1, 0.15) is 6.07 Å². The zero-order valence-electron chi connectivity index (χ0n) is 8.52. The number of imidazole rings is 1. The van der Waals surface area contributed by atoms with Crippen molar-refractivity contribution in [3.63, 3.8) is 0 Å². The Balaban J connectivity index is 0.00000112. The summed E-state index contributed by atoms with van der Waals surface area (Å²) < 4.78 is 4.12. The molecule has 0 atom stereocenters. The molecule has 0 saturated heterocycles. The summed E-state index contributed by atoms with van der Waals surface area (Å²) in [4.78, 5) is 0. The van der Waals surface area contributed by atoms with E-state index in [-0.39, 0.29) is 12.4 Å². The number of benzene rings is 1. The number of hydrogen-bond donors (Lipinski definition) is 0. The fraction of sp³-hybridized carbons (Fsp3) is 0.273. The zero-order valence-corrected chi connectivity index (χ0v) is 9.28. The van der Waals surface area contributed by atoms with E-state index in [0.29, 0.717) is 6.54 Å². The van der Waals surface area contributed by atoms with Crippen LogP contribution in [0.2, 0.25) is 0 Å². The lowest BCUT2D eigenvalue weighted by Gasteiger charge is -1.88. The largest absolute Gasteiger partial charge is 1.00 e. The fourth-order valence-electron chi connectivity index (χ4n) is 1.70. The number of aryl methyl sites for hydroxylation is 1. The average molecular weight is 222 g/mol. The van der Waals surface area contributed by atoms with Gasteiger partial charge in [-0.3, -0.25) is 0 Å². The summed E-state index contributed by atoms with van der Waals surface area (Å²) in [6.07, 6.45) is 1.99. The lowest BCUT2D eigenvalue weighted by molar-refractivity contribution is -0.659. The maximum atomic E-state index is 8.68. The van der Waals surface area contributed by atoms with Crippen LogP contribution < -0.4 is 17.0 Å². The number of nitriles is 1. The Labute approximate surface area is 95.0 Å². The monoisotopic (exact) mass is 221 g/mol. The van der Waals surface area contributed by atoms with Crippen LogP contribution in [0.4, 0.5) is 0 Å². The van der Waals surface area contributed by atoms with Gasteiger partial charge >= 0.3 is 0 Å². The maximum Gasteiger partial charge on any atom is 0.245 e. The summed E-state index contributed by atoms with van der Waals surface area (Å²) in [6, 6.07) is 10.3. The van der Waals surface area contributed by atoms with Gasteiger partial charge in [-0.1, -0.05) is 12.1 Å². The van der Waals surface area contributed by atoms with Crippen LogP contribution in [0.25, 0.3) is 11.0 Å². The third-order valence-corrected chi connectivity index (χ3v) is 2.36. The first-order chi connectivity index (χ1) is 6.86. The van der Waals surface area contributed by atoms with Crippen LogP contribution in [0.5, 0.6) is 0 Å². The van der Waals surface area contributed by atoms with Crippen molar-refractivity contribution in [3.8, 4) is 6.07 Å². The van der Waals surface area contributed by atoms with Crippen LogP contribution in [0, 0.1) is 11.3 Å². The number of aromatic nitrogens is 2. The predicted octanol–water partition coefficient (Wildman–Crippen LogP) is -1.52. The van der Waals surface area contributed by atoms with Crippen molar-refractivity contribution in [3.05, 3.63) is 30.6 Å². The molecule has 0 aliphatic rings. The normalized spacial score (nSPS) is 9.60. The molecule has 1 heterocycles. The highest BCUT2D eigenvalue weighted by molar-refractivity contribution is 5.71. The van der Waals surface area contributed by atoms with Crippen LogP contribution in [0.3, 0.4) is 0 Å². The van der Waals surface area contributed by atoms with Crippen LogP contribution in [-0.4, -0.2) is 4.57 Å². The smallest absolute Gasteiger partial charge is 0.245 e. The molecule has 2 rings (SSSR count). The first-order valence-electron chi connectivity index (χ1n) is 4.71. The highest BCUT2D eigenvalue weighted by Gasteiger charge is 2.12.